The Kier molecular flexibility index (Phi) is 4.33. The van der Waals surface area contributed by atoms with E-state index in [9.17, 15) is 4.79 Å². The highest BCUT2D eigenvalue weighted by Gasteiger charge is 2.28. The average molecular weight is 428 g/mol. The Labute approximate surface area is 175 Å². The third kappa shape index (κ3) is 2.90. The molecular formula is C20H18ClN5O2S. The van der Waals surface area contributed by atoms with Gasteiger partial charge in [0.15, 0.2) is 5.82 Å². The Bertz CT molecular complexity index is 1250. The molecule has 0 radical (unpaired) electrons. The van der Waals surface area contributed by atoms with Crippen LogP contribution < -0.4 is 10.5 Å². The van der Waals surface area contributed by atoms with Crippen molar-refractivity contribution in [3.05, 3.63) is 41.3 Å². The highest BCUT2D eigenvalue weighted by atomic mass is 35.5. The van der Waals surface area contributed by atoms with Crippen molar-refractivity contribution >= 4 is 50.8 Å². The number of nitrogen functional groups attached to an aromatic ring is 1. The molecule has 1 aromatic carbocycles. The number of methoxy groups -OCH3 is 1. The summed E-state index contributed by atoms with van der Waals surface area (Å²) in [5, 5.41) is 6.10. The maximum Gasteiger partial charge on any atom is 0.209 e. The molecule has 148 valence electrons. The maximum absolute atomic E-state index is 11.2. The van der Waals surface area contributed by atoms with Crippen LogP contribution in [0.15, 0.2) is 30.6 Å². The van der Waals surface area contributed by atoms with Gasteiger partial charge in [-0.2, -0.15) is 5.10 Å². The summed E-state index contributed by atoms with van der Waals surface area (Å²) in [5.41, 5.74) is 9.05. The van der Waals surface area contributed by atoms with E-state index in [0.717, 1.165) is 56.9 Å². The molecule has 7 nitrogen and oxygen atoms in total. The lowest BCUT2D eigenvalue weighted by atomic mass is 10.0. The van der Waals surface area contributed by atoms with Gasteiger partial charge in [-0.3, -0.25) is 4.79 Å². The van der Waals surface area contributed by atoms with Gasteiger partial charge in [0.05, 0.1) is 11.8 Å². The highest BCUT2D eigenvalue weighted by molar-refractivity contribution is 7.22. The van der Waals surface area contributed by atoms with Gasteiger partial charge in [0.2, 0.25) is 6.41 Å². The molecule has 1 saturated heterocycles. The minimum Gasteiger partial charge on any atom is -0.495 e. The van der Waals surface area contributed by atoms with Crippen molar-refractivity contribution < 1.29 is 9.53 Å². The van der Waals surface area contributed by atoms with Crippen LogP contribution in [-0.2, 0) is 4.79 Å². The van der Waals surface area contributed by atoms with Gasteiger partial charge in [0.25, 0.3) is 0 Å². The van der Waals surface area contributed by atoms with Gasteiger partial charge in [-0.15, -0.1) is 11.3 Å². The van der Waals surface area contributed by atoms with Crippen LogP contribution in [-0.4, -0.2) is 46.1 Å². The summed E-state index contributed by atoms with van der Waals surface area (Å²) in [4.78, 5) is 18.2. The van der Waals surface area contributed by atoms with Crippen molar-refractivity contribution in [2.75, 3.05) is 25.9 Å². The number of amides is 1. The first-order valence-electron chi connectivity index (χ1n) is 9.18. The molecule has 0 unspecified atom stereocenters. The molecule has 9 heteroatoms. The number of carbonyl (C=O) groups excluding carboxylic acids is 1. The second-order valence-corrected chi connectivity index (χ2v) is 8.60. The quantitative estimate of drug-likeness (QED) is 0.500. The first-order valence-corrected chi connectivity index (χ1v) is 10.4. The normalized spacial score (nSPS) is 16.8. The van der Waals surface area contributed by atoms with E-state index >= 15 is 0 Å². The molecule has 1 atom stereocenters. The Morgan fingerprint density at radius 2 is 2.21 bits per heavy atom. The highest BCUT2D eigenvalue weighted by Crippen LogP contribution is 2.44. The Morgan fingerprint density at radius 3 is 2.97 bits per heavy atom. The third-order valence-corrected chi connectivity index (χ3v) is 6.85. The van der Waals surface area contributed by atoms with Gasteiger partial charge in [-0.1, -0.05) is 11.6 Å². The summed E-state index contributed by atoms with van der Waals surface area (Å²) in [6.45, 7) is 1.42. The fraction of sp³-hybridized carbons (Fsp3) is 0.250. The van der Waals surface area contributed by atoms with Crippen LogP contribution >= 0.6 is 22.9 Å². The van der Waals surface area contributed by atoms with Gasteiger partial charge in [-0.25, -0.2) is 9.50 Å². The number of anilines is 1. The first kappa shape index (κ1) is 18.2. The van der Waals surface area contributed by atoms with Crippen molar-refractivity contribution in [2.24, 2.45) is 0 Å². The van der Waals surface area contributed by atoms with E-state index in [0.29, 0.717) is 17.4 Å². The molecule has 0 bridgehead atoms. The number of likely N-dealkylation sites (tertiary alicyclic amines) is 1. The average Bonchev–Trinajstić information content (AvgIpc) is 3.43. The Hall–Kier alpha value is -2.84. The predicted molar refractivity (Wildman–Crippen MR) is 115 cm³/mol. The molecule has 1 amide bonds. The number of thiophene rings is 1. The summed E-state index contributed by atoms with van der Waals surface area (Å²) in [7, 11) is 1.64. The second kappa shape index (κ2) is 6.89. The largest absolute Gasteiger partial charge is 0.495 e. The second-order valence-electron chi connectivity index (χ2n) is 7.11. The summed E-state index contributed by atoms with van der Waals surface area (Å²) in [5.74, 6) is 1.37. The number of aromatic nitrogens is 3. The Morgan fingerprint density at radius 1 is 1.34 bits per heavy atom. The number of nitrogens with zero attached hydrogens (tertiary/aromatic N) is 4. The molecule has 4 heterocycles. The van der Waals surface area contributed by atoms with Gasteiger partial charge < -0.3 is 15.4 Å². The summed E-state index contributed by atoms with van der Waals surface area (Å²) in [6.07, 6.45) is 3.27. The number of rotatable bonds is 4. The molecule has 1 aliphatic heterocycles. The van der Waals surface area contributed by atoms with Crippen LogP contribution in [0.2, 0.25) is 5.02 Å². The molecule has 2 N–H and O–H groups in total. The van der Waals surface area contributed by atoms with Gasteiger partial charge in [-0.05, 0) is 30.0 Å². The summed E-state index contributed by atoms with van der Waals surface area (Å²) < 4.78 is 8.40. The molecule has 3 aromatic heterocycles. The molecule has 0 aliphatic carbocycles. The number of benzene rings is 1. The van der Waals surface area contributed by atoms with Gasteiger partial charge in [0.1, 0.15) is 17.6 Å². The van der Waals surface area contributed by atoms with Crippen LogP contribution in [0.4, 0.5) is 5.82 Å². The number of hydrogen-bond acceptors (Lipinski definition) is 6. The molecule has 1 fully saturated rings. The Balaban J connectivity index is 1.71. The van der Waals surface area contributed by atoms with Crippen LogP contribution in [0.1, 0.15) is 18.0 Å². The topological polar surface area (TPSA) is 85.8 Å². The van der Waals surface area contributed by atoms with E-state index in [1.54, 1.807) is 23.3 Å². The predicted octanol–water partition coefficient (Wildman–Crippen LogP) is 3.80. The van der Waals surface area contributed by atoms with Crippen molar-refractivity contribution in [1.29, 1.82) is 0 Å². The third-order valence-electron chi connectivity index (χ3n) is 5.43. The molecule has 1 aliphatic rings. The molecule has 0 spiro atoms. The van der Waals surface area contributed by atoms with E-state index in [1.807, 2.05) is 16.6 Å². The zero-order chi connectivity index (χ0) is 20.1. The van der Waals surface area contributed by atoms with E-state index in [1.165, 1.54) is 6.33 Å². The maximum atomic E-state index is 11.2. The van der Waals surface area contributed by atoms with E-state index < -0.39 is 0 Å². The first-order chi connectivity index (χ1) is 14.1. The van der Waals surface area contributed by atoms with Crippen LogP contribution in [0.25, 0.3) is 26.0 Å². The van der Waals surface area contributed by atoms with E-state index in [4.69, 9.17) is 22.1 Å². The van der Waals surface area contributed by atoms with Crippen molar-refractivity contribution in [2.45, 2.75) is 12.3 Å². The van der Waals surface area contributed by atoms with E-state index in [-0.39, 0.29) is 5.92 Å². The van der Waals surface area contributed by atoms with Crippen molar-refractivity contribution in [3.8, 4) is 16.2 Å². The van der Waals surface area contributed by atoms with Crippen LogP contribution in [0.5, 0.6) is 5.75 Å². The number of halogens is 1. The lowest BCUT2D eigenvalue weighted by molar-refractivity contribution is -0.117. The molecule has 4 aromatic rings. The number of hydrogen-bond donors (Lipinski definition) is 1. The zero-order valence-corrected chi connectivity index (χ0v) is 17.2. The summed E-state index contributed by atoms with van der Waals surface area (Å²) in [6, 6.07) is 7.96. The number of fused-ring (bicyclic) bond motifs is 2. The minimum atomic E-state index is 0.203. The monoisotopic (exact) mass is 427 g/mol. The van der Waals surface area contributed by atoms with Crippen LogP contribution in [0, 0.1) is 0 Å². The molecular weight excluding hydrogens is 410 g/mol. The lowest BCUT2D eigenvalue weighted by Gasteiger charge is -2.10. The zero-order valence-electron chi connectivity index (χ0n) is 15.6. The number of ether oxygens (including phenoxy) is 1. The number of carbonyl (C=O) groups is 1. The van der Waals surface area contributed by atoms with Crippen molar-refractivity contribution in [3.63, 3.8) is 0 Å². The molecule has 5 rings (SSSR count). The number of nitrogens with two attached hydrogens (primary N) is 1. The molecule has 29 heavy (non-hydrogen) atoms. The standard InChI is InChI=1S/C20H18ClN5O2S/c1-28-16-6-13(21)4-12-5-17(29-19(12)16)14-7-15(11-2-3-25(8-11)10-27)26-18(14)20(22)23-9-24-26/h4-7,9-11H,2-3,8H2,1H3,(H2,22,23,24)/t11-/m1/s1. The SMILES string of the molecule is COc1cc(Cl)cc2cc(-c3cc([C@@H]4CCN(C=O)C4)n4ncnc(N)c34)sc12. The summed E-state index contributed by atoms with van der Waals surface area (Å²) >= 11 is 7.86. The van der Waals surface area contributed by atoms with Crippen LogP contribution in [0.3, 0.4) is 0 Å². The van der Waals surface area contributed by atoms with Gasteiger partial charge in [0, 0.05) is 46.2 Å². The minimum absolute atomic E-state index is 0.203. The van der Waals surface area contributed by atoms with Crippen molar-refractivity contribution in [1.82, 2.24) is 19.5 Å². The lowest BCUT2D eigenvalue weighted by Crippen LogP contribution is -2.18. The van der Waals surface area contributed by atoms with Gasteiger partial charge >= 0.3 is 0 Å². The fourth-order valence-electron chi connectivity index (χ4n) is 4.07. The molecule has 0 saturated carbocycles. The smallest absolute Gasteiger partial charge is 0.209 e. The van der Waals surface area contributed by atoms with E-state index in [2.05, 4.69) is 22.2 Å². The fourth-order valence-corrected chi connectivity index (χ4v) is 5.43.